The van der Waals surface area contributed by atoms with E-state index in [0.29, 0.717) is 6.04 Å². The number of aromatic nitrogens is 1. The normalized spacial score (nSPS) is 11.5. The number of benzene rings is 1. The largest absolute Gasteiger partial charge is 0.309 e. The van der Waals surface area contributed by atoms with E-state index >= 15 is 0 Å². The molecule has 2 aromatic rings. The van der Waals surface area contributed by atoms with Crippen molar-refractivity contribution in [1.29, 1.82) is 0 Å². The van der Waals surface area contributed by atoms with Crippen LogP contribution in [0.3, 0.4) is 0 Å². The summed E-state index contributed by atoms with van der Waals surface area (Å²) >= 11 is 1.83. The molecule has 0 aliphatic carbocycles. The Bertz CT molecular complexity index is 546. The number of nitrogens with one attached hydrogen (secondary N) is 1. The lowest BCUT2D eigenvalue weighted by Gasteiger charge is -2.07. The molecule has 0 saturated heterocycles. The first-order valence-electron chi connectivity index (χ1n) is 7.48. The number of nitrogens with zero attached hydrogens (tertiary/aromatic N) is 2. The van der Waals surface area contributed by atoms with Gasteiger partial charge in [0.2, 0.25) is 0 Å². The molecule has 1 heterocycles. The van der Waals surface area contributed by atoms with Crippen molar-refractivity contribution in [2.45, 2.75) is 32.9 Å². The molecule has 0 spiro atoms. The van der Waals surface area contributed by atoms with E-state index in [1.54, 1.807) is 0 Å². The van der Waals surface area contributed by atoms with Crippen LogP contribution in [0.2, 0.25) is 0 Å². The first kappa shape index (κ1) is 16.1. The average molecular weight is 303 g/mol. The van der Waals surface area contributed by atoms with Gasteiger partial charge in [0.05, 0.1) is 15.6 Å². The zero-order valence-corrected chi connectivity index (χ0v) is 14.2. The summed E-state index contributed by atoms with van der Waals surface area (Å²) < 4.78 is 0. The van der Waals surface area contributed by atoms with Crippen molar-refractivity contribution in [2.24, 2.45) is 0 Å². The highest BCUT2D eigenvalue weighted by Crippen LogP contribution is 2.30. The topological polar surface area (TPSA) is 28.2 Å². The molecule has 0 radical (unpaired) electrons. The number of hydrogen-bond donors (Lipinski definition) is 1. The molecule has 0 aliphatic heterocycles. The Morgan fingerprint density at radius 3 is 2.52 bits per heavy atom. The summed E-state index contributed by atoms with van der Waals surface area (Å²) in [5.74, 6) is 0. The summed E-state index contributed by atoms with van der Waals surface area (Å²) in [6.07, 6.45) is 1.01. The van der Waals surface area contributed by atoms with Gasteiger partial charge in [0.25, 0.3) is 0 Å². The Balaban J connectivity index is 2.23. The molecule has 0 bridgehead atoms. The molecule has 0 amide bonds. The van der Waals surface area contributed by atoms with E-state index in [2.05, 4.69) is 68.5 Å². The van der Waals surface area contributed by atoms with Crippen LogP contribution < -0.4 is 5.32 Å². The van der Waals surface area contributed by atoms with Gasteiger partial charge >= 0.3 is 0 Å². The van der Waals surface area contributed by atoms with Crippen LogP contribution >= 0.6 is 11.3 Å². The van der Waals surface area contributed by atoms with Gasteiger partial charge in [0.1, 0.15) is 0 Å². The predicted molar refractivity (Wildman–Crippen MR) is 91.8 cm³/mol. The van der Waals surface area contributed by atoms with E-state index < -0.39 is 0 Å². The van der Waals surface area contributed by atoms with Gasteiger partial charge in [-0.05, 0) is 19.7 Å². The monoisotopic (exact) mass is 303 g/mol. The molecule has 4 heteroatoms. The second kappa shape index (κ2) is 7.69. The molecule has 0 saturated carbocycles. The van der Waals surface area contributed by atoms with Crippen molar-refractivity contribution in [3.05, 3.63) is 41.0 Å². The Morgan fingerprint density at radius 2 is 1.90 bits per heavy atom. The van der Waals surface area contributed by atoms with Gasteiger partial charge in [-0.1, -0.05) is 44.2 Å². The number of thiazole rings is 1. The van der Waals surface area contributed by atoms with Gasteiger partial charge in [-0.3, -0.25) is 0 Å². The SMILES string of the molecule is CC(C)NCc1nc(CCN(C)C)sc1-c1ccccc1. The highest BCUT2D eigenvalue weighted by atomic mass is 32.1. The fourth-order valence-corrected chi connectivity index (χ4v) is 3.14. The van der Waals surface area contributed by atoms with Gasteiger partial charge in [-0.25, -0.2) is 4.98 Å². The fraction of sp³-hybridized carbons (Fsp3) is 0.471. The smallest absolute Gasteiger partial charge is 0.0948 e. The van der Waals surface area contributed by atoms with Crippen molar-refractivity contribution in [3.63, 3.8) is 0 Å². The third-order valence-corrected chi connectivity index (χ3v) is 4.43. The van der Waals surface area contributed by atoms with Crippen molar-refractivity contribution in [2.75, 3.05) is 20.6 Å². The quantitative estimate of drug-likeness (QED) is 0.849. The van der Waals surface area contributed by atoms with Crippen LogP contribution in [-0.2, 0) is 13.0 Å². The zero-order chi connectivity index (χ0) is 15.2. The Kier molecular flexibility index (Phi) is 5.91. The molecular weight excluding hydrogens is 278 g/mol. The first-order valence-corrected chi connectivity index (χ1v) is 8.30. The minimum absolute atomic E-state index is 0.473. The van der Waals surface area contributed by atoms with E-state index in [-0.39, 0.29) is 0 Å². The molecule has 0 atom stereocenters. The summed E-state index contributed by atoms with van der Waals surface area (Å²) in [6.45, 7) is 6.21. The highest BCUT2D eigenvalue weighted by Gasteiger charge is 2.13. The molecule has 0 fully saturated rings. The molecule has 2 rings (SSSR count). The summed E-state index contributed by atoms with van der Waals surface area (Å²) in [6, 6.07) is 11.1. The van der Waals surface area contributed by atoms with Crippen molar-refractivity contribution < 1.29 is 0 Å². The van der Waals surface area contributed by atoms with E-state index in [1.807, 2.05) is 11.3 Å². The number of likely N-dealkylation sites (N-methyl/N-ethyl adjacent to an activating group) is 1. The fourth-order valence-electron chi connectivity index (χ4n) is 2.06. The third kappa shape index (κ3) is 4.92. The predicted octanol–water partition coefficient (Wildman–Crippen LogP) is 3.41. The molecule has 0 aliphatic rings. The maximum Gasteiger partial charge on any atom is 0.0948 e. The van der Waals surface area contributed by atoms with Gasteiger partial charge in [0.15, 0.2) is 0 Å². The van der Waals surface area contributed by atoms with Crippen LogP contribution in [0.4, 0.5) is 0 Å². The standard InChI is InChI=1S/C17H25N3S/c1-13(2)18-12-15-17(14-8-6-5-7-9-14)21-16(19-15)10-11-20(3)4/h5-9,13,18H,10-12H2,1-4H3. The minimum Gasteiger partial charge on any atom is -0.309 e. The molecule has 21 heavy (non-hydrogen) atoms. The molecule has 1 aromatic heterocycles. The number of rotatable bonds is 7. The minimum atomic E-state index is 0.473. The van der Waals surface area contributed by atoms with Gasteiger partial charge < -0.3 is 10.2 Å². The third-order valence-electron chi connectivity index (χ3n) is 3.23. The van der Waals surface area contributed by atoms with Gasteiger partial charge in [0, 0.05) is 25.6 Å². The van der Waals surface area contributed by atoms with E-state index in [1.165, 1.54) is 21.1 Å². The first-order chi connectivity index (χ1) is 10.1. The second-order valence-corrected chi connectivity index (χ2v) is 6.92. The van der Waals surface area contributed by atoms with Crippen molar-refractivity contribution >= 4 is 11.3 Å². The lowest BCUT2D eigenvalue weighted by atomic mass is 10.1. The highest BCUT2D eigenvalue weighted by molar-refractivity contribution is 7.15. The Labute approximate surface area is 132 Å². The van der Waals surface area contributed by atoms with E-state index in [9.17, 15) is 0 Å². The van der Waals surface area contributed by atoms with Gasteiger partial charge in [-0.2, -0.15) is 0 Å². The molecular formula is C17H25N3S. The maximum absolute atomic E-state index is 4.86. The van der Waals surface area contributed by atoms with Crippen LogP contribution in [0.15, 0.2) is 30.3 Å². The Hall–Kier alpha value is -1.23. The van der Waals surface area contributed by atoms with Crippen LogP contribution in [-0.4, -0.2) is 36.6 Å². The van der Waals surface area contributed by atoms with Crippen LogP contribution in [0, 0.1) is 0 Å². The van der Waals surface area contributed by atoms with Gasteiger partial charge in [-0.15, -0.1) is 11.3 Å². The van der Waals surface area contributed by atoms with Crippen LogP contribution in [0.5, 0.6) is 0 Å². The maximum atomic E-state index is 4.86. The molecule has 1 N–H and O–H groups in total. The summed E-state index contributed by atoms with van der Waals surface area (Å²) in [4.78, 5) is 8.37. The second-order valence-electron chi connectivity index (χ2n) is 5.84. The molecule has 114 valence electrons. The lowest BCUT2D eigenvalue weighted by molar-refractivity contribution is 0.413. The van der Waals surface area contributed by atoms with Crippen LogP contribution in [0.25, 0.3) is 10.4 Å². The summed E-state index contributed by atoms with van der Waals surface area (Å²) in [7, 11) is 4.21. The number of hydrogen-bond acceptors (Lipinski definition) is 4. The van der Waals surface area contributed by atoms with Crippen molar-refractivity contribution in [1.82, 2.24) is 15.2 Å². The lowest BCUT2D eigenvalue weighted by Crippen LogP contribution is -2.22. The van der Waals surface area contributed by atoms with E-state index in [4.69, 9.17) is 4.98 Å². The molecule has 0 unspecified atom stereocenters. The Morgan fingerprint density at radius 1 is 1.19 bits per heavy atom. The summed E-state index contributed by atoms with van der Waals surface area (Å²) in [5.41, 5.74) is 2.44. The zero-order valence-electron chi connectivity index (χ0n) is 13.4. The van der Waals surface area contributed by atoms with E-state index in [0.717, 1.165) is 19.5 Å². The van der Waals surface area contributed by atoms with Crippen LogP contribution in [0.1, 0.15) is 24.5 Å². The summed E-state index contributed by atoms with van der Waals surface area (Å²) in [5, 5.41) is 4.71. The average Bonchev–Trinajstić information content (AvgIpc) is 2.87. The van der Waals surface area contributed by atoms with Crippen molar-refractivity contribution in [3.8, 4) is 10.4 Å². The molecule has 1 aromatic carbocycles. The molecule has 3 nitrogen and oxygen atoms in total.